The lowest BCUT2D eigenvalue weighted by Gasteiger charge is -2.33. The molecular formula is C15H30ClN3O2. The van der Waals surface area contributed by atoms with Crippen LogP contribution in [0.15, 0.2) is 0 Å². The maximum Gasteiger partial charge on any atom is 0.222 e. The number of hydrogen-bond donors (Lipinski definition) is 2. The van der Waals surface area contributed by atoms with Crippen molar-refractivity contribution in [3.63, 3.8) is 0 Å². The maximum atomic E-state index is 12.1. The van der Waals surface area contributed by atoms with Crippen LogP contribution in [0.5, 0.6) is 0 Å². The second kappa shape index (κ2) is 10.0. The van der Waals surface area contributed by atoms with Gasteiger partial charge < -0.3 is 16.0 Å². The average molecular weight is 320 g/mol. The molecule has 1 rings (SSSR count). The number of amides is 2. The van der Waals surface area contributed by atoms with Crippen molar-refractivity contribution >= 4 is 24.2 Å². The van der Waals surface area contributed by atoms with Gasteiger partial charge in [0.1, 0.15) is 0 Å². The molecule has 0 aliphatic carbocycles. The minimum atomic E-state index is 0. The van der Waals surface area contributed by atoms with Gasteiger partial charge in [-0.25, -0.2) is 0 Å². The van der Waals surface area contributed by atoms with Crippen molar-refractivity contribution in [2.24, 2.45) is 17.6 Å². The van der Waals surface area contributed by atoms with Crippen LogP contribution in [0.2, 0.25) is 0 Å². The van der Waals surface area contributed by atoms with Crippen LogP contribution in [0.1, 0.15) is 46.5 Å². The first-order valence-corrected chi connectivity index (χ1v) is 7.71. The van der Waals surface area contributed by atoms with Crippen LogP contribution in [0.4, 0.5) is 0 Å². The van der Waals surface area contributed by atoms with Gasteiger partial charge in [-0.05, 0) is 32.1 Å². The smallest absolute Gasteiger partial charge is 0.222 e. The highest BCUT2D eigenvalue weighted by atomic mass is 35.5. The lowest BCUT2D eigenvalue weighted by Crippen LogP contribution is -2.44. The highest BCUT2D eigenvalue weighted by molar-refractivity contribution is 5.85. The fourth-order valence-corrected chi connectivity index (χ4v) is 2.42. The van der Waals surface area contributed by atoms with Gasteiger partial charge >= 0.3 is 0 Å². The molecule has 0 spiro atoms. The summed E-state index contributed by atoms with van der Waals surface area (Å²) in [6.45, 7) is 7.98. The topological polar surface area (TPSA) is 75.4 Å². The van der Waals surface area contributed by atoms with E-state index < -0.39 is 0 Å². The van der Waals surface area contributed by atoms with E-state index in [1.54, 1.807) is 0 Å². The zero-order valence-electron chi connectivity index (χ0n) is 13.4. The van der Waals surface area contributed by atoms with Crippen LogP contribution >= 0.6 is 12.4 Å². The van der Waals surface area contributed by atoms with Crippen molar-refractivity contribution in [1.29, 1.82) is 0 Å². The highest BCUT2D eigenvalue weighted by Gasteiger charge is 2.24. The van der Waals surface area contributed by atoms with Crippen LogP contribution in [0.25, 0.3) is 0 Å². The van der Waals surface area contributed by atoms with Crippen LogP contribution in [0.3, 0.4) is 0 Å². The van der Waals surface area contributed by atoms with Crippen LogP contribution in [-0.2, 0) is 9.59 Å². The number of halogens is 1. The summed E-state index contributed by atoms with van der Waals surface area (Å²) >= 11 is 0. The van der Waals surface area contributed by atoms with Crippen molar-refractivity contribution in [2.45, 2.75) is 52.5 Å². The zero-order valence-corrected chi connectivity index (χ0v) is 14.2. The van der Waals surface area contributed by atoms with Crippen molar-refractivity contribution in [1.82, 2.24) is 10.2 Å². The zero-order chi connectivity index (χ0) is 15.1. The molecule has 3 N–H and O–H groups in total. The number of piperidine rings is 1. The number of hydrogen-bond acceptors (Lipinski definition) is 3. The molecular weight excluding hydrogens is 290 g/mol. The van der Waals surface area contributed by atoms with Gasteiger partial charge in [-0.3, -0.25) is 9.59 Å². The number of rotatable bonds is 6. The lowest BCUT2D eigenvalue weighted by atomic mass is 9.97. The summed E-state index contributed by atoms with van der Waals surface area (Å²) < 4.78 is 0. The fourth-order valence-electron chi connectivity index (χ4n) is 2.42. The Morgan fingerprint density at radius 3 is 2.57 bits per heavy atom. The summed E-state index contributed by atoms with van der Waals surface area (Å²) in [6.07, 6.45) is 3.37. The summed E-state index contributed by atoms with van der Waals surface area (Å²) in [5.74, 6) is 0.681. The Bertz CT molecular complexity index is 335. The molecule has 0 aromatic rings. The van der Waals surface area contributed by atoms with Gasteiger partial charge in [0.05, 0.1) is 0 Å². The third-order valence-corrected chi connectivity index (χ3v) is 3.77. The summed E-state index contributed by atoms with van der Waals surface area (Å²) in [5, 5.41) is 2.96. The molecule has 2 atom stereocenters. The van der Waals surface area contributed by atoms with E-state index in [1.807, 2.05) is 25.7 Å². The largest absolute Gasteiger partial charge is 0.356 e. The Balaban J connectivity index is 0.00000400. The predicted octanol–water partition coefficient (Wildman–Crippen LogP) is 1.55. The Morgan fingerprint density at radius 2 is 2.00 bits per heavy atom. The molecule has 6 heteroatoms. The van der Waals surface area contributed by atoms with E-state index in [-0.39, 0.29) is 36.2 Å². The first-order chi connectivity index (χ1) is 9.40. The van der Waals surface area contributed by atoms with E-state index in [0.29, 0.717) is 18.9 Å². The number of likely N-dealkylation sites (tertiary alicyclic amines) is 1. The standard InChI is InChI=1S/C15H29N3O2.ClH/c1-11(2)15(20)17-9-13-5-4-8-18(10-13)14(19)7-6-12(3)16;/h11-13H,4-10,16H2,1-3H3,(H,17,20);1H. The molecule has 5 nitrogen and oxygen atoms in total. The van der Waals surface area contributed by atoms with E-state index in [1.165, 1.54) is 0 Å². The Morgan fingerprint density at radius 1 is 1.33 bits per heavy atom. The summed E-state index contributed by atoms with van der Waals surface area (Å²) in [7, 11) is 0. The van der Waals surface area contributed by atoms with E-state index in [2.05, 4.69) is 5.32 Å². The minimum absolute atomic E-state index is 0. The van der Waals surface area contributed by atoms with E-state index in [4.69, 9.17) is 5.73 Å². The molecule has 0 bridgehead atoms. The van der Waals surface area contributed by atoms with Crippen LogP contribution < -0.4 is 11.1 Å². The molecule has 1 fully saturated rings. The van der Waals surface area contributed by atoms with Crippen molar-refractivity contribution < 1.29 is 9.59 Å². The minimum Gasteiger partial charge on any atom is -0.356 e. The second-order valence-electron chi connectivity index (χ2n) is 6.26. The first-order valence-electron chi connectivity index (χ1n) is 7.71. The molecule has 21 heavy (non-hydrogen) atoms. The molecule has 0 aromatic carbocycles. The van der Waals surface area contributed by atoms with Gasteiger partial charge in [-0.1, -0.05) is 13.8 Å². The fraction of sp³-hybridized carbons (Fsp3) is 0.867. The van der Waals surface area contributed by atoms with Gasteiger partial charge in [-0.15, -0.1) is 12.4 Å². The third-order valence-electron chi connectivity index (χ3n) is 3.77. The van der Waals surface area contributed by atoms with Gasteiger partial charge in [-0.2, -0.15) is 0 Å². The van der Waals surface area contributed by atoms with Gasteiger partial charge in [0, 0.05) is 38.0 Å². The van der Waals surface area contributed by atoms with E-state index in [0.717, 1.165) is 32.4 Å². The maximum absolute atomic E-state index is 12.1. The van der Waals surface area contributed by atoms with Gasteiger partial charge in [0.25, 0.3) is 0 Å². The molecule has 124 valence electrons. The quantitative estimate of drug-likeness (QED) is 0.780. The number of nitrogens with two attached hydrogens (primary N) is 1. The molecule has 1 saturated heterocycles. The highest BCUT2D eigenvalue weighted by Crippen LogP contribution is 2.17. The predicted molar refractivity (Wildman–Crippen MR) is 87.3 cm³/mol. The molecule has 0 radical (unpaired) electrons. The normalized spacial score (nSPS) is 19.9. The van der Waals surface area contributed by atoms with Crippen molar-refractivity contribution in [3.8, 4) is 0 Å². The van der Waals surface area contributed by atoms with Crippen LogP contribution in [0, 0.1) is 11.8 Å². The molecule has 2 unspecified atom stereocenters. The van der Waals surface area contributed by atoms with Crippen molar-refractivity contribution in [2.75, 3.05) is 19.6 Å². The molecule has 1 aliphatic rings. The number of nitrogens with one attached hydrogen (secondary N) is 1. The Kier molecular flexibility index (Phi) is 9.62. The number of carbonyl (C=O) groups is 2. The SMILES string of the molecule is CC(N)CCC(=O)N1CCCC(CNC(=O)C(C)C)C1.Cl. The lowest BCUT2D eigenvalue weighted by molar-refractivity contribution is -0.133. The van der Waals surface area contributed by atoms with Gasteiger partial charge in [0.15, 0.2) is 0 Å². The van der Waals surface area contributed by atoms with E-state index in [9.17, 15) is 9.59 Å². The summed E-state index contributed by atoms with van der Waals surface area (Å²) in [4.78, 5) is 25.6. The Hall–Kier alpha value is -0.810. The second-order valence-corrected chi connectivity index (χ2v) is 6.26. The van der Waals surface area contributed by atoms with Crippen molar-refractivity contribution in [3.05, 3.63) is 0 Å². The average Bonchev–Trinajstić information content (AvgIpc) is 2.42. The van der Waals surface area contributed by atoms with Gasteiger partial charge in [0.2, 0.25) is 11.8 Å². The number of carbonyl (C=O) groups excluding carboxylic acids is 2. The molecule has 0 aromatic heterocycles. The number of nitrogens with zero attached hydrogens (tertiary/aromatic N) is 1. The van der Waals surface area contributed by atoms with E-state index >= 15 is 0 Å². The monoisotopic (exact) mass is 319 g/mol. The molecule has 1 heterocycles. The first kappa shape index (κ1) is 20.2. The molecule has 2 amide bonds. The third kappa shape index (κ3) is 7.67. The summed E-state index contributed by atoms with van der Waals surface area (Å²) in [5.41, 5.74) is 5.69. The molecule has 0 saturated carbocycles. The Labute approximate surface area is 134 Å². The summed E-state index contributed by atoms with van der Waals surface area (Å²) in [6, 6.07) is 0.0740. The molecule has 1 aliphatic heterocycles. The van der Waals surface area contributed by atoms with Crippen LogP contribution in [-0.4, -0.2) is 42.4 Å².